The van der Waals surface area contributed by atoms with E-state index in [2.05, 4.69) is 9.71 Å². The van der Waals surface area contributed by atoms with E-state index < -0.39 is 10.2 Å². The lowest BCUT2D eigenvalue weighted by molar-refractivity contribution is -0.132. The Kier molecular flexibility index (Phi) is 8.42. The van der Waals surface area contributed by atoms with Crippen LogP contribution in [0, 0.1) is 0 Å². The number of carbonyl (C=O) groups excluding carboxylic acids is 1. The van der Waals surface area contributed by atoms with E-state index in [4.69, 9.17) is 9.90 Å². The van der Waals surface area contributed by atoms with Crippen LogP contribution >= 0.6 is 0 Å². The molecule has 0 bridgehead atoms. The van der Waals surface area contributed by atoms with E-state index in [1.54, 1.807) is 29.4 Å². The molecule has 168 valence electrons. The fourth-order valence-electron chi connectivity index (χ4n) is 2.93. The van der Waals surface area contributed by atoms with Crippen LogP contribution in [0.25, 0.3) is 0 Å². The summed E-state index contributed by atoms with van der Waals surface area (Å²) in [5, 5.41) is 6.89. The summed E-state index contributed by atoms with van der Waals surface area (Å²) in [4.78, 5) is 38.9. The molecular weight excluding hydrogens is 426 g/mol. The number of rotatable bonds is 6. The highest BCUT2D eigenvalue weighted by Gasteiger charge is 2.22. The zero-order valence-electron chi connectivity index (χ0n) is 17.3. The largest absolute Gasteiger partial charge is 0.483 e. The second-order valence-electron chi connectivity index (χ2n) is 6.90. The first kappa shape index (κ1) is 24.2. The molecule has 3 heterocycles. The van der Waals surface area contributed by atoms with Gasteiger partial charge >= 0.3 is 0 Å². The summed E-state index contributed by atoms with van der Waals surface area (Å²) < 4.78 is 28.7. The Hall–Kier alpha value is -3.09. The SMILES string of the molecule is CN(C)S(=O)(=O)NCc1cnc2c(c1)CN(C(=O)Cn1ccccc1=O)CC2.O=CO. The van der Waals surface area contributed by atoms with Crippen molar-refractivity contribution in [2.45, 2.75) is 26.1 Å². The number of fused-ring (bicyclic) bond motifs is 1. The second-order valence-corrected chi connectivity index (χ2v) is 8.86. The van der Waals surface area contributed by atoms with E-state index in [0.29, 0.717) is 19.5 Å². The lowest BCUT2D eigenvalue weighted by Gasteiger charge is -2.29. The molecule has 0 aliphatic carbocycles. The van der Waals surface area contributed by atoms with Crippen molar-refractivity contribution in [1.82, 2.24) is 23.5 Å². The molecule has 3 rings (SSSR count). The highest BCUT2D eigenvalue weighted by atomic mass is 32.2. The van der Waals surface area contributed by atoms with Crippen LogP contribution in [0.4, 0.5) is 0 Å². The number of pyridine rings is 2. The first-order chi connectivity index (χ1) is 14.7. The van der Waals surface area contributed by atoms with Crippen molar-refractivity contribution in [2.24, 2.45) is 0 Å². The summed E-state index contributed by atoms with van der Waals surface area (Å²) >= 11 is 0. The maximum atomic E-state index is 12.6. The molecule has 2 N–H and O–H groups in total. The summed E-state index contributed by atoms with van der Waals surface area (Å²) in [6.07, 6.45) is 3.86. The second kappa shape index (κ2) is 10.8. The van der Waals surface area contributed by atoms with Gasteiger partial charge < -0.3 is 14.6 Å². The van der Waals surface area contributed by atoms with Gasteiger partial charge in [0.1, 0.15) is 6.54 Å². The quantitative estimate of drug-likeness (QED) is 0.560. The third-order valence-electron chi connectivity index (χ3n) is 4.59. The van der Waals surface area contributed by atoms with Gasteiger partial charge in [-0.05, 0) is 23.3 Å². The molecule has 0 spiro atoms. The summed E-state index contributed by atoms with van der Waals surface area (Å²) in [7, 11) is -0.615. The van der Waals surface area contributed by atoms with E-state index in [1.807, 2.05) is 6.07 Å². The summed E-state index contributed by atoms with van der Waals surface area (Å²) in [6, 6.07) is 6.64. The van der Waals surface area contributed by atoms with Crippen molar-refractivity contribution in [3.8, 4) is 0 Å². The van der Waals surface area contributed by atoms with Crippen molar-refractivity contribution >= 4 is 22.6 Å². The minimum absolute atomic E-state index is 0.00917. The van der Waals surface area contributed by atoms with Gasteiger partial charge in [0.15, 0.2) is 0 Å². The molecule has 1 aliphatic heterocycles. The molecule has 11 nitrogen and oxygen atoms in total. The normalized spacial score (nSPS) is 13.2. The van der Waals surface area contributed by atoms with Gasteiger partial charge in [0.05, 0.1) is 0 Å². The van der Waals surface area contributed by atoms with Gasteiger partial charge in [-0.3, -0.25) is 19.4 Å². The Labute approximate surface area is 180 Å². The third-order valence-corrected chi connectivity index (χ3v) is 6.06. The van der Waals surface area contributed by atoms with Crippen molar-refractivity contribution < 1.29 is 23.1 Å². The van der Waals surface area contributed by atoms with Gasteiger partial charge in [-0.25, -0.2) is 0 Å². The highest BCUT2D eigenvalue weighted by molar-refractivity contribution is 7.87. The zero-order valence-corrected chi connectivity index (χ0v) is 18.1. The summed E-state index contributed by atoms with van der Waals surface area (Å²) in [6.45, 7) is 0.781. The van der Waals surface area contributed by atoms with Crippen LogP contribution in [0.2, 0.25) is 0 Å². The Morgan fingerprint density at radius 3 is 2.71 bits per heavy atom. The number of carboxylic acid groups (broad SMARTS) is 1. The molecule has 2 aromatic rings. The van der Waals surface area contributed by atoms with Crippen molar-refractivity contribution in [1.29, 1.82) is 0 Å². The molecule has 1 aliphatic rings. The molecular formula is C19H25N5O6S. The fourth-order valence-corrected chi connectivity index (χ4v) is 3.53. The highest BCUT2D eigenvalue weighted by Crippen LogP contribution is 2.19. The van der Waals surface area contributed by atoms with Crippen LogP contribution in [0.5, 0.6) is 0 Å². The van der Waals surface area contributed by atoms with E-state index >= 15 is 0 Å². The topological polar surface area (TPSA) is 142 Å². The van der Waals surface area contributed by atoms with Crippen molar-refractivity contribution in [3.05, 3.63) is 63.8 Å². The van der Waals surface area contributed by atoms with Gasteiger partial charge in [0.2, 0.25) is 5.91 Å². The van der Waals surface area contributed by atoms with E-state index in [9.17, 15) is 18.0 Å². The molecule has 0 radical (unpaired) electrons. The Morgan fingerprint density at radius 2 is 2.06 bits per heavy atom. The van der Waals surface area contributed by atoms with Crippen LogP contribution in [-0.4, -0.2) is 65.3 Å². The number of carbonyl (C=O) groups is 2. The van der Waals surface area contributed by atoms with Gasteiger partial charge in [-0.1, -0.05) is 6.07 Å². The third kappa shape index (κ3) is 6.70. The monoisotopic (exact) mass is 451 g/mol. The van der Waals surface area contributed by atoms with Crippen LogP contribution < -0.4 is 10.3 Å². The number of hydrogen-bond acceptors (Lipinski definition) is 6. The zero-order chi connectivity index (χ0) is 23.0. The molecule has 0 saturated carbocycles. The maximum absolute atomic E-state index is 12.6. The number of nitrogens with zero attached hydrogens (tertiary/aromatic N) is 4. The predicted molar refractivity (Wildman–Crippen MR) is 112 cm³/mol. The lowest BCUT2D eigenvalue weighted by atomic mass is 10.0. The van der Waals surface area contributed by atoms with Gasteiger partial charge in [0, 0.05) is 64.3 Å². The van der Waals surface area contributed by atoms with Crippen LogP contribution in [0.3, 0.4) is 0 Å². The predicted octanol–water partition coefficient (Wildman–Crippen LogP) is -0.575. The average molecular weight is 452 g/mol. The van der Waals surface area contributed by atoms with Gasteiger partial charge in [0.25, 0.3) is 22.2 Å². The van der Waals surface area contributed by atoms with Crippen molar-refractivity contribution in [2.75, 3.05) is 20.6 Å². The first-order valence-corrected chi connectivity index (χ1v) is 10.8. The Bertz CT molecular complexity index is 1080. The molecule has 2 aromatic heterocycles. The smallest absolute Gasteiger partial charge is 0.290 e. The van der Waals surface area contributed by atoms with E-state index in [1.165, 1.54) is 24.7 Å². The number of amides is 1. The number of nitrogens with one attached hydrogen (secondary N) is 1. The van der Waals surface area contributed by atoms with E-state index in [0.717, 1.165) is 21.1 Å². The van der Waals surface area contributed by atoms with E-state index in [-0.39, 0.29) is 31.0 Å². The summed E-state index contributed by atoms with van der Waals surface area (Å²) in [5.41, 5.74) is 2.30. The minimum Gasteiger partial charge on any atom is -0.483 e. The number of hydrogen-bond donors (Lipinski definition) is 2. The first-order valence-electron chi connectivity index (χ1n) is 9.32. The average Bonchev–Trinajstić information content (AvgIpc) is 2.74. The summed E-state index contributed by atoms with van der Waals surface area (Å²) in [5.74, 6) is -0.141. The van der Waals surface area contributed by atoms with Crippen molar-refractivity contribution in [3.63, 3.8) is 0 Å². The molecule has 0 unspecified atom stereocenters. The molecule has 0 saturated heterocycles. The molecule has 0 fully saturated rings. The molecule has 0 atom stereocenters. The maximum Gasteiger partial charge on any atom is 0.290 e. The number of aromatic nitrogens is 2. The Morgan fingerprint density at radius 1 is 1.35 bits per heavy atom. The molecule has 12 heteroatoms. The lowest BCUT2D eigenvalue weighted by Crippen LogP contribution is -2.40. The molecule has 1 amide bonds. The fraction of sp³-hybridized carbons (Fsp3) is 0.368. The van der Waals surface area contributed by atoms with Crippen LogP contribution in [0.1, 0.15) is 16.8 Å². The minimum atomic E-state index is -3.52. The Balaban J connectivity index is 0.00000107. The van der Waals surface area contributed by atoms with Crippen LogP contribution in [-0.2, 0) is 45.9 Å². The molecule has 31 heavy (non-hydrogen) atoms. The van der Waals surface area contributed by atoms with Gasteiger partial charge in [-0.15, -0.1) is 0 Å². The van der Waals surface area contributed by atoms with Crippen LogP contribution in [0.15, 0.2) is 41.5 Å². The standard InChI is InChI=1S/C18H23N5O4S.CH2O2/c1-21(2)28(26,27)20-11-14-9-15-12-23(8-6-16(15)19-10-14)18(25)13-22-7-4-3-5-17(22)24;2-1-3/h3-5,7,9-10,20H,6,8,11-13H2,1-2H3;1H,(H,2,3). The van der Waals surface area contributed by atoms with Gasteiger partial charge in [-0.2, -0.15) is 17.4 Å². The molecule has 0 aromatic carbocycles.